The Hall–Kier alpha value is -1.76. The summed E-state index contributed by atoms with van der Waals surface area (Å²) in [5.74, 6) is 0.179. The van der Waals surface area contributed by atoms with Gasteiger partial charge in [-0.3, -0.25) is 9.69 Å². The smallest absolute Gasteiger partial charge is 0.227 e. The van der Waals surface area contributed by atoms with Crippen molar-refractivity contribution in [2.45, 2.75) is 37.9 Å². The largest absolute Gasteiger partial charge is 0.395 e. The minimum absolute atomic E-state index is 0.00854. The molecular weight excluding hydrogens is 346 g/mol. The Morgan fingerprint density at radius 2 is 2.19 bits per heavy atom. The van der Waals surface area contributed by atoms with Crippen molar-refractivity contribution in [1.82, 2.24) is 14.8 Å². The van der Waals surface area contributed by atoms with Gasteiger partial charge in [0.15, 0.2) is 0 Å². The van der Waals surface area contributed by atoms with E-state index in [1.807, 2.05) is 11.4 Å². The fourth-order valence-corrected chi connectivity index (χ4v) is 5.18. The lowest BCUT2D eigenvalue weighted by molar-refractivity contribution is -0.137. The molecule has 0 radical (unpaired) electrons. The van der Waals surface area contributed by atoms with Gasteiger partial charge in [0.2, 0.25) is 5.91 Å². The summed E-state index contributed by atoms with van der Waals surface area (Å²) in [7, 11) is 0. The molecule has 2 aliphatic rings. The maximum Gasteiger partial charge on any atom is 0.227 e. The monoisotopic (exact) mass is 371 g/mol. The van der Waals surface area contributed by atoms with Crippen LogP contribution in [-0.4, -0.2) is 51.5 Å². The normalized spacial score (nSPS) is 25.3. The predicted octanol–water partition coefficient (Wildman–Crippen LogP) is 2.69. The number of thiazole rings is 1. The van der Waals surface area contributed by atoms with Gasteiger partial charge in [-0.2, -0.15) is 0 Å². The summed E-state index contributed by atoms with van der Waals surface area (Å²) in [4.78, 5) is 22.0. The molecule has 0 bridgehead atoms. The summed E-state index contributed by atoms with van der Waals surface area (Å²) in [5, 5.41) is 12.3. The molecule has 0 unspecified atom stereocenters. The number of carbonyl (C=O) groups excluding carboxylic acids is 1. The van der Waals surface area contributed by atoms with E-state index in [0.29, 0.717) is 25.2 Å². The molecule has 0 aliphatic carbocycles. The van der Waals surface area contributed by atoms with Crippen molar-refractivity contribution < 1.29 is 9.90 Å². The molecule has 1 aromatic carbocycles. The second-order valence-electron chi connectivity index (χ2n) is 7.13. The second-order valence-corrected chi connectivity index (χ2v) is 8.10. The van der Waals surface area contributed by atoms with Crippen LogP contribution >= 0.6 is 11.3 Å². The lowest BCUT2D eigenvalue weighted by atomic mass is 9.93. The van der Waals surface area contributed by atoms with Gasteiger partial charge in [0.05, 0.1) is 19.1 Å². The molecule has 3 atom stereocenters. The van der Waals surface area contributed by atoms with E-state index in [1.54, 1.807) is 22.4 Å². The number of aliphatic hydroxyl groups is 1. The molecule has 3 heterocycles. The molecule has 1 aromatic heterocycles. The lowest BCUT2D eigenvalue weighted by Crippen LogP contribution is -2.41. The average molecular weight is 372 g/mol. The van der Waals surface area contributed by atoms with E-state index in [-0.39, 0.29) is 18.4 Å². The van der Waals surface area contributed by atoms with Crippen molar-refractivity contribution in [3.63, 3.8) is 0 Å². The van der Waals surface area contributed by atoms with E-state index in [4.69, 9.17) is 0 Å². The maximum atomic E-state index is 13.3. The van der Waals surface area contributed by atoms with E-state index in [0.717, 1.165) is 30.8 Å². The second kappa shape index (κ2) is 7.86. The van der Waals surface area contributed by atoms with E-state index < -0.39 is 0 Å². The number of hydrogen-bond donors (Lipinski definition) is 1. The quantitative estimate of drug-likeness (QED) is 0.848. The third kappa shape index (κ3) is 3.41. The average Bonchev–Trinajstić information content (AvgIpc) is 3.39. The Kier molecular flexibility index (Phi) is 5.33. The Morgan fingerprint density at radius 3 is 2.92 bits per heavy atom. The molecule has 138 valence electrons. The van der Waals surface area contributed by atoms with Crippen molar-refractivity contribution in [1.29, 1.82) is 0 Å². The zero-order valence-corrected chi connectivity index (χ0v) is 15.6. The molecule has 5 nitrogen and oxygen atoms in total. The van der Waals surface area contributed by atoms with E-state index in [1.165, 1.54) is 5.56 Å². The molecule has 6 heteroatoms. The molecule has 1 N–H and O–H groups in total. The van der Waals surface area contributed by atoms with Crippen LogP contribution in [-0.2, 0) is 11.3 Å². The molecule has 2 aliphatic heterocycles. The minimum Gasteiger partial charge on any atom is -0.395 e. The zero-order valence-electron chi connectivity index (χ0n) is 14.8. The van der Waals surface area contributed by atoms with Crippen molar-refractivity contribution in [2.75, 3.05) is 19.7 Å². The van der Waals surface area contributed by atoms with Crippen LogP contribution in [0.25, 0.3) is 0 Å². The lowest BCUT2D eigenvalue weighted by Gasteiger charge is -2.27. The number of hydrogen-bond acceptors (Lipinski definition) is 5. The number of aromatic nitrogens is 1. The Labute approximate surface area is 158 Å². The highest BCUT2D eigenvalue weighted by molar-refractivity contribution is 7.09. The number of benzene rings is 1. The Bertz CT molecular complexity index is 722. The number of amides is 1. The van der Waals surface area contributed by atoms with Crippen molar-refractivity contribution in [3.8, 4) is 0 Å². The molecule has 0 saturated carbocycles. The van der Waals surface area contributed by atoms with Crippen LogP contribution < -0.4 is 0 Å². The van der Waals surface area contributed by atoms with Crippen LogP contribution in [0, 0.1) is 5.92 Å². The molecule has 1 amide bonds. The summed E-state index contributed by atoms with van der Waals surface area (Å²) in [6, 6.07) is 11.2. The highest BCUT2D eigenvalue weighted by Gasteiger charge is 2.48. The molecule has 26 heavy (non-hydrogen) atoms. The summed E-state index contributed by atoms with van der Waals surface area (Å²) >= 11 is 1.56. The molecule has 2 fully saturated rings. The molecule has 2 saturated heterocycles. The standard InChI is InChI=1S/C20H25N3O2S/c24-11-10-22(14-19-21-8-12-26-19)20(25)16-13-18(15-5-2-1-3-6-15)23-9-4-7-17(16)23/h1-3,5-6,8,12,16-18,24H,4,7,9-11,13-14H2/t16-,17+,18-/m1/s1. The van der Waals surface area contributed by atoms with Crippen LogP contribution in [0.15, 0.2) is 41.9 Å². The highest BCUT2D eigenvalue weighted by Crippen LogP contribution is 2.45. The van der Waals surface area contributed by atoms with Crippen molar-refractivity contribution in [3.05, 3.63) is 52.5 Å². The molecule has 2 aromatic rings. The number of carbonyl (C=O) groups is 1. The first-order valence-corrected chi connectivity index (χ1v) is 10.2. The number of nitrogens with zero attached hydrogens (tertiary/aromatic N) is 3. The van der Waals surface area contributed by atoms with Gasteiger partial charge in [-0.15, -0.1) is 11.3 Å². The summed E-state index contributed by atoms with van der Waals surface area (Å²) in [5.41, 5.74) is 1.31. The van der Waals surface area contributed by atoms with Crippen LogP contribution in [0.2, 0.25) is 0 Å². The maximum absolute atomic E-state index is 13.3. The van der Waals surface area contributed by atoms with Gasteiger partial charge < -0.3 is 10.0 Å². The van der Waals surface area contributed by atoms with Crippen molar-refractivity contribution >= 4 is 17.2 Å². The van der Waals surface area contributed by atoms with Gasteiger partial charge in [0.1, 0.15) is 5.01 Å². The number of rotatable bonds is 6. The third-order valence-electron chi connectivity index (χ3n) is 5.68. The first-order chi connectivity index (χ1) is 12.8. The van der Waals surface area contributed by atoms with Crippen LogP contribution in [0.1, 0.15) is 35.9 Å². The van der Waals surface area contributed by atoms with Crippen LogP contribution in [0.3, 0.4) is 0 Å². The van der Waals surface area contributed by atoms with E-state index >= 15 is 0 Å². The molecule has 4 rings (SSSR count). The SMILES string of the molecule is O=C([C@@H]1C[C@H](c2ccccc2)N2CCC[C@@H]12)N(CCO)Cc1nccs1. The fourth-order valence-electron chi connectivity index (χ4n) is 4.55. The van der Waals surface area contributed by atoms with Gasteiger partial charge in [-0.1, -0.05) is 30.3 Å². The Morgan fingerprint density at radius 1 is 1.35 bits per heavy atom. The summed E-state index contributed by atoms with van der Waals surface area (Å²) in [6.45, 7) is 1.93. The first-order valence-electron chi connectivity index (χ1n) is 9.36. The highest BCUT2D eigenvalue weighted by atomic mass is 32.1. The molecular formula is C20H25N3O2S. The summed E-state index contributed by atoms with van der Waals surface area (Å²) < 4.78 is 0. The van der Waals surface area contributed by atoms with Crippen LogP contribution in [0.4, 0.5) is 0 Å². The van der Waals surface area contributed by atoms with E-state index in [2.05, 4.69) is 34.1 Å². The third-order valence-corrected chi connectivity index (χ3v) is 6.44. The van der Waals surface area contributed by atoms with Gasteiger partial charge in [0, 0.05) is 30.2 Å². The van der Waals surface area contributed by atoms with Gasteiger partial charge in [-0.05, 0) is 31.4 Å². The van der Waals surface area contributed by atoms with Crippen molar-refractivity contribution in [2.24, 2.45) is 5.92 Å². The fraction of sp³-hybridized carbons (Fsp3) is 0.500. The van der Waals surface area contributed by atoms with Gasteiger partial charge >= 0.3 is 0 Å². The summed E-state index contributed by atoms with van der Waals surface area (Å²) in [6.07, 6.45) is 4.88. The number of aliphatic hydroxyl groups excluding tert-OH is 1. The van der Waals surface area contributed by atoms with Crippen LogP contribution in [0.5, 0.6) is 0 Å². The number of fused-ring (bicyclic) bond motifs is 1. The first kappa shape index (κ1) is 17.6. The topological polar surface area (TPSA) is 56.7 Å². The van der Waals surface area contributed by atoms with E-state index in [9.17, 15) is 9.90 Å². The van der Waals surface area contributed by atoms with Gasteiger partial charge in [0.25, 0.3) is 0 Å². The Balaban J connectivity index is 1.54. The zero-order chi connectivity index (χ0) is 17.9. The molecule has 0 spiro atoms. The van der Waals surface area contributed by atoms with Gasteiger partial charge in [-0.25, -0.2) is 4.98 Å². The minimum atomic E-state index is -0.0136. The predicted molar refractivity (Wildman–Crippen MR) is 102 cm³/mol.